The van der Waals surface area contributed by atoms with Crippen LogP contribution >= 0.6 is 11.3 Å². The third-order valence-corrected chi connectivity index (χ3v) is 5.69. The molecule has 8 heteroatoms. The summed E-state index contributed by atoms with van der Waals surface area (Å²) < 4.78 is 33.0. The number of morpholine rings is 1. The van der Waals surface area contributed by atoms with Crippen molar-refractivity contribution in [3.63, 3.8) is 0 Å². The Hall–Kier alpha value is -2.29. The number of aromatic amines is 1. The summed E-state index contributed by atoms with van der Waals surface area (Å²) in [4.78, 5) is 19.4. The maximum Gasteiger partial charge on any atom is 0.272 e. The van der Waals surface area contributed by atoms with E-state index >= 15 is 0 Å². The van der Waals surface area contributed by atoms with Crippen molar-refractivity contribution < 1.29 is 18.3 Å². The molecule has 2 N–H and O–H groups in total. The van der Waals surface area contributed by atoms with Crippen LogP contribution in [0.4, 0.5) is 14.5 Å². The Bertz CT molecular complexity index is 992. The summed E-state index contributed by atoms with van der Waals surface area (Å²) >= 11 is 1.64. The molecule has 0 spiro atoms. The number of hydrogen-bond acceptors (Lipinski definition) is 4. The molecule has 4 rings (SSSR count). The van der Waals surface area contributed by atoms with E-state index in [-0.39, 0.29) is 11.6 Å². The minimum Gasteiger partial charge on any atom is -0.379 e. The lowest BCUT2D eigenvalue weighted by Crippen LogP contribution is -2.36. The van der Waals surface area contributed by atoms with Crippen LogP contribution in [0.1, 0.15) is 20.9 Å². The highest BCUT2D eigenvalue weighted by Gasteiger charge is 2.23. The third kappa shape index (κ3) is 3.73. The quantitative estimate of drug-likeness (QED) is 0.709. The molecule has 0 unspecified atom stereocenters. The fourth-order valence-corrected chi connectivity index (χ4v) is 4.26. The highest BCUT2D eigenvalue weighted by atomic mass is 32.1. The number of thiophene rings is 1. The molecule has 27 heavy (non-hydrogen) atoms. The zero-order chi connectivity index (χ0) is 19.0. The van der Waals surface area contributed by atoms with E-state index in [1.165, 1.54) is 6.07 Å². The second-order valence-electron chi connectivity index (χ2n) is 6.55. The molecule has 0 saturated carbocycles. The van der Waals surface area contributed by atoms with Crippen molar-refractivity contribution in [1.82, 2.24) is 9.88 Å². The van der Waals surface area contributed by atoms with E-state index in [9.17, 15) is 13.6 Å². The van der Waals surface area contributed by atoms with Gasteiger partial charge in [0.05, 0.1) is 23.4 Å². The van der Waals surface area contributed by atoms with Crippen LogP contribution in [0.2, 0.25) is 0 Å². The number of H-pyrrole nitrogens is 1. The van der Waals surface area contributed by atoms with Gasteiger partial charge in [-0.3, -0.25) is 9.69 Å². The van der Waals surface area contributed by atoms with E-state index in [2.05, 4.69) is 15.2 Å². The van der Waals surface area contributed by atoms with Gasteiger partial charge in [0.15, 0.2) is 11.6 Å². The van der Waals surface area contributed by atoms with Crippen molar-refractivity contribution in [3.05, 3.63) is 52.0 Å². The van der Waals surface area contributed by atoms with Gasteiger partial charge in [-0.05, 0) is 25.1 Å². The van der Waals surface area contributed by atoms with Crippen LogP contribution < -0.4 is 5.32 Å². The van der Waals surface area contributed by atoms with Gasteiger partial charge in [0, 0.05) is 41.8 Å². The molecule has 1 aromatic carbocycles. The van der Waals surface area contributed by atoms with Crippen LogP contribution in [0.5, 0.6) is 0 Å². The molecule has 1 aliphatic heterocycles. The standard InChI is InChI=1S/C19H19F2N3O2S/c1-11-8-16-18(27-11)13(10-24-4-6-26-7-5-24)17(23-16)19(25)22-12-2-3-14(20)15(21)9-12/h2-3,8-9,23H,4-7,10H2,1H3,(H,22,25). The smallest absolute Gasteiger partial charge is 0.272 e. The minimum atomic E-state index is -0.996. The van der Waals surface area contributed by atoms with Gasteiger partial charge < -0.3 is 15.0 Å². The van der Waals surface area contributed by atoms with Crippen molar-refractivity contribution in [2.24, 2.45) is 0 Å². The van der Waals surface area contributed by atoms with Gasteiger partial charge in [0.2, 0.25) is 0 Å². The molecule has 5 nitrogen and oxygen atoms in total. The van der Waals surface area contributed by atoms with E-state index in [0.29, 0.717) is 25.5 Å². The normalized spacial score (nSPS) is 15.4. The molecule has 142 valence electrons. The maximum atomic E-state index is 13.4. The Morgan fingerprint density at radius 3 is 2.78 bits per heavy atom. The summed E-state index contributed by atoms with van der Waals surface area (Å²) in [5.41, 5.74) is 2.50. The lowest BCUT2D eigenvalue weighted by atomic mass is 10.2. The van der Waals surface area contributed by atoms with Crippen LogP contribution in [0.3, 0.4) is 0 Å². The number of ether oxygens (including phenoxy) is 1. The first kappa shape index (κ1) is 18.1. The summed E-state index contributed by atoms with van der Waals surface area (Å²) in [7, 11) is 0. The van der Waals surface area contributed by atoms with Gasteiger partial charge in [-0.25, -0.2) is 8.78 Å². The second-order valence-corrected chi connectivity index (χ2v) is 7.81. The van der Waals surface area contributed by atoms with Crippen LogP contribution in [0, 0.1) is 18.6 Å². The number of carbonyl (C=O) groups excluding carboxylic acids is 1. The van der Waals surface area contributed by atoms with Gasteiger partial charge in [0.25, 0.3) is 5.91 Å². The Morgan fingerprint density at radius 1 is 1.26 bits per heavy atom. The zero-order valence-corrected chi connectivity index (χ0v) is 15.6. The molecule has 1 amide bonds. The van der Waals surface area contributed by atoms with E-state index in [4.69, 9.17) is 4.74 Å². The molecule has 1 saturated heterocycles. The number of benzene rings is 1. The number of aryl methyl sites for hydroxylation is 1. The lowest BCUT2D eigenvalue weighted by Gasteiger charge is -2.26. The molecular weight excluding hydrogens is 372 g/mol. The van der Waals surface area contributed by atoms with Crippen molar-refractivity contribution in [3.8, 4) is 0 Å². The SMILES string of the molecule is Cc1cc2[nH]c(C(=O)Nc3ccc(F)c(F)c3)c(CN3CCOCC3)c2s1. The van der Waals surface area contributed by atoms with Gasteiger partial charge in [-0.2, -0.15) is 0 Å². The van der Waals surface area contributed by atoms with Crippen molar-refractivity contribution in [2.45, 2.75) is 13.5 Å². The Morgan fingerprint density at radius 2 is 2.04 bits per heavy atom. The van der Waals surface area contributed by atoms with Crippen molar-refractivity contribution >= 4 is 33.1 Å². The van der Waals surface area contributed by atoms with Crippen LogP contribution in [-0.2, 0) is 11.3 Å². The highest BCUT2D eigenvalue weighted by Crippen LogP contribution is 2.32. The second kappa shape index (κ2) is 7.38. The van der Waals surface area contributed by atoms with Gasteiger partial charge in [-0.15, -0.1) is 11.3 Å². The number of anilines is 1. The fourth-order valence-electron chi connectivity index (χ4n) is 3.25. The third-order valence-electron chi connectivity index (χ3n) is 4.58. The summed E-state index contributed by atoms with van der Waals surface area (Å²) in [5.74, 6) is -2.31. The predicted octanol–water partition coefficient (Wildman–Crippen LogP) is 3.90. The number of halogens is 2. The van der Waals surface area contributed by atoms with Gasteiger partial charge in [-0.1, -0.05) is 0 Å². The molecule has 0 atom stereocenters. The monoisotopic (exact) mass is 391 g/mol. The topological polar surface area (TPSA) is 57.4 Å². The number of rotatable bonds is 4. The molecular formula is C19H19F2N3O2S. The predicted molar refractivity (Wildman–Crippen MR) is 101 cm³/mol. The van der Waals surface area contributed by atoms with Crippen LogP contribution in [-0.4, -0.2) is 42.1 Å². The minimum absolute atomic E-state index is 0.213. The highest BCUT2D eigenvalue weighted by molar-refractivity contribution is 7.19. The van der Waals surface area contributed by atoms with Crippen LogP contribution in [0.15, 0.2) is 24.3 Å². The zero-order valence-electron chi connectivity index (χ0n) is 14.8. The Labute approximate surface area is 158 Å². The number of carbonyl (C=O) groups is 1. The van der Waals surface area contributed by atoms with E-state index in [0.717, 1.165) is 45.9 Å². The molecule has 3 aromatic rings. The maximum absolute atomic E-state index is 13.4. The number of fused-ring (bicyclic) bond motifs is 1. The van der Waals surface area contributed by atoms with Gasteiger partial charge >= 0.3 is 0 Å². The number of nitrogens with one attached hydrogen (secondary N) is 2. The summed E-state index contributed by atoms with van der Waals surface area (Å²) in [6.07, 6.45) is 0. The van der Waals surface area contributed by atoms with Crippen molar-refractivity contribution in [2.75, 3.05) is 31.6 Å². The number of hydrogen-bond donors (Lipinski definition) is 2. The molecule has 3 heterocycles. The molecule has 0 radical (unpaired) electrons. The summed E-state index contributed by atoms with van der Waals surface area (Å²) in [6.45, 7) is 5.62. The van der Waals surface area contributed by atoms with E-state index in [1.54, 1.807) is 11.3 Å². The summed E-state index contributed by atoms with van der Waals surface area (Å²) in [6, 6.07) is 5.32. The van der Waals surface area contributed by atoms with Crippen LogP contribution in [0.25, 0.3) is 10.2 Å². The molecule has 1 aliphatic rings. The first-order chi connectivity index (χ1) is 13.0. The number of amides is 1. The fraction of sp³-hybridized carbons (Fsp3) is 0.316. The largest absolute Gasteiger partial charge is 0.379 e. The Balaban J connectivity index is 1.64. The summed E-state index contributed by atoms with van der Waals surface area (Å²) in [5, 5.41) is 2.65. The number of nitrogens with zero attached hydrogens (tertiary/aromatic N) is 1. The number of aromatic nitrogens is 1. The molecule has 1 fully saturated rings. The molecule has 0 bridgehead atoms. The van der Waals surface area contributed by atoms with Crippen molar-refractivity contribution in [1.29, 1.82) is 0 Å². The average molecular weight is 391 g/mol. The first-order valence-electron chi connectivity index (χ1n) is 8.69. The van der Waals surface area contributed by atoms with Gasteiger partial charge in [0.1, 0.15) is 5.69 Å². The molecule has 2 aromatic heterocycles. The Kier molecular flexibility index (Phi) is 4.94. The molecule has 0 aliphatic carbocycles. The lowest BCUT2D eigenvalue weighted by molar-refractivity contribution is 0.0343. The van der Waals surface area contributed by atoms with E-state index in [1.807, 2.05) is 13.0 Å². The first-order valence-corrected chi connectivity index (χ1v) is 9.50. The van der Waals surface area contributed by atoms with E-state index < -0.39 is 11.6 Å². The average Bonchev–Trinajstić information content (AvgIpc) is 3.16.